The standard InChI is InChI=1S/C12H19Br2N3/c1-8(2)11(7-17(3)4)16-12-10(14)5-9(13)6-15-12/h5-6,8,11H,7H2,1-4H3,(H,15,16). The fourth-order valence-electron chi connectivity index (χ4n) is 1.51. The van der Waals surface area contributed by atoms with Gasteiger partial charge in [0.1, 0.15) is 5.82 Å². The summed E-state index contributed by atoms with van der Waals surface area (Å²) in [5, 5.41) is 3.48. The molecule has 0 aromatic carbocycles. The van der Waals surface area contributed by atoms with Crippen LogP contribution in [0.2, 0.25) is 0 Å². The number of rotatable bonds is 5. The molecule has 3 nitrogen and oxygen atoms in total. The van der Waals surface area contributed by atoms with Crippen molar-refractivity contribution in [1.29, 1.82) is 0 Å². The maximum Gasteiger partial charge on any atom is 0.140 e. The summed E-state index contributed by atoms with van der Waals surface area (Å²) in [6, 6.07) is 2.39. The predicted molar refractivity (Wildman–Crippen MR) is 80.4 cm³/mol. The molecule has 5 heteroatoms. The van der Waals surface area contributed by atoms with Crippen molar-refractivity contribution in [2.45, 2.75) is 19.9 Å². The average Bonchev–Trinajstić information content (AvgIpc) is 2.19. The Balaban J connectivity index is 2.78. The smallest absolute Gasteiger partial charge is 0.140 e. The molecule has 1 unspecified atom stereocenters. The van der Waals surface area contributed by atoms with Crippen molar-refractivity contribution in [1.82, 2.24) is 9.88 Å². The zero-order valence-corrected chi connectivity index (χ0v) is 13.8. The monoisotopic (exact) mass is 363 g/mol. The van der Waals surface area contributed by atoms with Crippen LogP contribution in [0.4, 0.5) is 5.82 Å². The molecule has 0 saturated carbocycles. The number of nitrogens with zero attached hydrogens (tertiary/aromatic N) is 2. The zero-order chi connectivity index (χ0) is 13.0. The number of hydrogen-bond donors (Lipinski definition) is 1. The Morgan fingerprint density at radius 2 is 2.00 bits per heavy atom. The van der Waals surface area contributed by atoms with Gasteiger partial charge in [-0.1, -0.05) is 13.8 Å². The molecule has 1 aromatic heterocycles. The van der Waals surface area contributed by atoms with Crippen molar-refractivity contribution < 1.29 is 0 Å². The Morgan fingerprint density at radius 1 is 1.35 bits per heavy atom. The van der Waals surface area contributed by atoms with Gasteiger partial charge in [-0.25, -0.2) is 4.98 Å². The minimum absolute atomic E-state index is 0.384. The second-order valence-corrected chi connectivity index (χ2v) is 6.51. The number of pyridine rings is 1. The summed E-state index contributed by atoms with van der Waals surface area (Å²) in [5.74, 6) is 1.45. The molecule has 96 valence electrons. The van der Waals surface area contributed by atoms with Crippen LogP contribution in [0.3, 0.4) is 0 Å². The molecule has 0 saturated heterocycles. The summed E-state index contributed by atoms with van der Waals surface area (Å²) >= 11 is 6.93. The largest absolute Gasteiger partial charge is 0.365 e. The molecule has 0 fully saturated rings. The molecule has 0 aliphatic carbocycles. The normalized spacial score (nSPS) is 13.2. The summed E-state index contributed by atoms with van der Waals surface area (Å²) in [6.07, 6.45) is 1.81. The Morgan fingerprint density at radius 3 is 2.47 bits per heavy atom. The molecule has 1 heterocycles. The van der Waals surface area contributed by atoms with E-state index in [1.54, 1.807) is 6.20 Å². The molecule has 17 heavy (non-hydrogen) atoms. The summed E-state index contributed by atoms with van der Waals surface area (Å²) in [4.78, 5) is 6.57. The van der Waals surface area contributed by atoms with Crippen molar-refractivity contribution in [2.24, 2.45) is 5.92 Å². The lowest BCUT2D eigenvalue weighted by molar-refractivity contribution is 0.344. The molecule has 1 N–H and O–H groups in total. The Labute approximate surface area is 120 Å². The molecule has 1 aromatic rings. The quantitative estimate of drug-likeness (QED) is 0.865. The van der Waals surface area contributed by atoms with Crippen LogP contribution in [-0.2, 0) is 0 Å². The summed E-state index contributed by atoms with van der Waals surface area (Å²) < 4.78 is 1.96. The van der Waals surface area contributed by atoms with Gasteiger partial charge < -0.3 is 10.2 Å². The van der Waals surface area contributed by atoms with Gasteiger partial charge in [-0.2, -0.15) is 0 Å². The average molecular weight is 365 g/mol. The van der Waals surface area contributed by atoms with E-state index in [-0.39, 0.29) is 0 Å². The van der Waals surface area contributed by atoms with Crippen LogP contribution in [-0.4, -0.2) is 36.6 Å². The number of anilines is 1. The Kier molecular flexibility index (Phi) is 5.89. The van der Waals surface area contributed by atoms with Gasteiger partial charge in [-0.15, -0.1) is 0 Å². The molecule has 1 atom stereocenters. The first-order valence-electron chi connectivity index (χ1n) is 5.62. The number of hydrogen-bond acceptors (Lipinski definition) is 3. The van der Waals surface area contributed by atoms with Gasteiger partial charge in [0.25, 0.3) is 0 Å². The van der Waals surface area contributed by atoms with Gasteiger partial charge in [-0.05, 0) is 57.9 Å². The second-order valence-electron chi connectivity index (χ2n) is 4.74. The maximum absolute atomic E-state index is 4.38. The lowest BCUT2D eigenvalue weighted by atomic mass is 10.0. The minimum atomic E-state index is 0.384. The van der Waals surface area contributed by atoms with Crippen LogP contribution in [0.1, 0.15) is 13.8 Å². The number of nitrogens with one attached hydrogen (secondary N) is 1. The number of halogens is 2. The van der Waals surface area contributed by atoms with Crippen molar-refractivity contribution in [3.05, 3.63) is 21.2 Å². The van der Waals surface area contributed by atoms with E-state index in [0.717, 1.165) is 21.3 Å². The first kappa shape index (κ1) is 14.9. The topological polar surface area (TPSA) is 28.2 Å². The van der Waals surface area contributed by atoms with Crippen LogP contribution >= 0.6 is 31.9 Å². The highest BCUT2D eigenvalue weighted by Crippen LogP contribution is 2.25. The fraction of sp³-hybridized carbons (Fsp3) is 0.583. The van der Waals surface area contributed by atoms with Crippen molar-refractivity contribution in [3.8, 4) is 0 Å². The third-order valence-corrected chi connectivity index (χ3v) is 3.53. The molecular formula is C12H19Br2N3. The molecular weight excluding hydrogens is 346 g/mol. The summed E-state index contributed by atoms with van der Waals surface area (Å²) in [7, 11) is 4.17. The van der Waals surface area contributed by atoms with Crippen molar-refractivity contribution >= 4 is 37.7 Å². The van der Waals surface area contributed by atoms with Gasteiger partial charge >= 0.3 is 0 Å². The predicted octanol–water partition coefficient (Wildman–Crippen LogP) is 3.60. The third-order valence-electron chi connectivity index (χ3n) is 2.50. The van der Waals surface area contributed by atoms with E-state index in [2.05, 4.69) is 75.0 Å². The SMILES string of the molecule is CC(C)C(CN(C)C)Nc1ncc(Br)cc1Br. The van der Waals surface area contributed by atoms with E-state index in [9.17, 15) is 0 Å². The van der Waals surface area contributed by atoms with Crippen LogP contribution in [0.5, 0.6) is 0 Å². The Hall–Kier alpha value is -0.130. The molecule has 0 amide bonds. The van der Waals surface area contributed by atoms with Crippen LogP contribution in [0.25, 0.3) is 0 Å². The van der Waals surface area contributed by atoms with Crippen molar-refractivity contribution in [2.75, 3.05) is 26.0 Å². The van der Waals surface area contributed by atoms with E-state index in [0.29, 0.717) is 12.0 Å². The third kappa shape index (κ3) is 4.94. The van der Waals surface area contributed by atoms with Gasteiger partial charge in [0, 0.05) is 23.3 Å². The minimum Gasteiger partial charge on any atom is -0.365 e. The van der Waals surface area contributed by atoms with E-state index in [1.165, 1.54) is 0 Å². The number of likely N-dealkylation sites (N-methyl/N-ethyl adjacent to an activating group) is 1. The lowest BCUT2D eigenvalue weighted by Gasteiger charge is -2.26. The summed E-state index contributed by atoms with van der Waals surface area (Å²) in [5.41, 5.74) is 0. The first-order valence-corrected chi connectivity index (χ1v) is 7.21. The second kappa shape index (κ2) is 6.71. The highest BCUT2D eigenvalue weighted by atomic mass is 79.9. The highest BCUT2D eigenvalue weighted by Gasteiger charge is 2.16. The molecule has 1 rings (SSSR count). The van der Waals surface area contributed by atoms with E-state index in [1.807, 2.05) is 6.07 Å². The van der Waals surface area contributed by atoms with E-state index < -0.39 is 0 Å². The Bertz CT molecular complexity index is 367. The zero-order valence-electron chi connectivity index (χ0n) is 10.7. The van der Waals surface area contributed by atoms with Crippen molar-refractivity contribution in [3.63, 3.8) is 0 Å². The molecule has 0 aliphatic rings. The lowest BCUT2D eigenvalue weighted by Crippen LogP contribution is -2.36. The van der Waals surface area contributed by atoms with Gasteiger partial charge in [0.15, 0.2) is 0 Å². The summed E-state index contributed by atoms with van der Waals surface area (Å²) in [6.45, 7) is 5.42. The molecule has 0 aliphatic heterocycles. The first-order chi connectivity index (χ1) is 7.90. The molecule has 0 bridgehead atoms. The van der Waals surface area contributed by atoms with Crippen LogP contribution in [0.15, 0.2) is 21.2 Å². The van der Waals surface area contributed by atoms with Gasteiger partial charge in [-0.3, -0.25) is 0 Å². The highest BCUT2D eigenvalue weighted by molar-refractivity contribution is 9.11. The molecule has 0 radical (unpaired) electrons. The van der Waals surface area contributed by atoms with Crippen LogP contribution < -0.4 is 5.32 Å². The van der Waals surface area contributed by atoms with Crippen LogP contribution in [0, 0.1) is 5.92 Å². The maximum atomic E-state index is 4.38. The number of aromatic nitrogens is 1. The van der Waals surface area contributed by atoms with Gasteiger partial charge in [0.05, 0.1) is 4.47 Å². The fourth-order valence-corrected chi connectivity index (χ4v) is 2.61. The van der Waals surface area contributed by atoms with E-state index >= 15 is 0 Å². The van der Waals surface area contributed by atoms with Gasteiger partial charge in [0.2, 0.25) is 0 Å². The van der Waals surface area contributed by atoms with E-state index in [4.69, 9.17) is 0 Å². The molecule has 0 spiro atoms.